The summed E-state index contributed by atoms with van der Waals surface area (Å²) < 4.78 is 52.3. The van der Waals surface area contributed by atoms with Crippen molar-refractivity contribution < 1.29 is 32.4 Å². The van der Waals surface area contributed by atoms with Gasteiger partial charge in [-0.1, -0.05) is 5.16 Å². The Bertz CT molecular complexity index is 1020. The molecule has 3 N–H and O–H groups in total. The van der Waals surface area contributed by atoms with E-state index in [1.165, 1.54) is 26.1 Å². The molecule has 1 aromatic heterocycles. The third-order valence-corrected chi connectivity index (χ3v) is 4.75. The van der Waals surface area contributed by atoms with Crippen LogP contribution in [0.25, 0.3) is 0 Å². The molecule has 13 heteroatoms. The number of hydrogen-bond donors (Lipinski definition) is 3. The van der Waals surface area contributed by atoms with Crippen molar-refractivity contribution in [1.29, 1.82) is 0 Å². The summed E-state index contributed by atoms with van der Waals surface area (Å²) in [5.41, 5.74) is -0.730. The van der Waals surface area contributed by atoms with Crippen LogP contribution in [0.15, 0.2) is 27.8 Å². The molecule has 0 aliphatic heterocycles. The van der Waals surface area contributed by atoms with Crippen molar-refractivity contribution in [2.24, 2.45) is 12.2 Å². The average Bonchev–Trinajstić information content (AvgIpc) is 2.92. The van der Waals surface area contributed by atoms with Crippen LogP contribution in [0, 0.1) is 12.7 Å². The molecule has 0 aliphatic carbocycles. The first-order valence-electron chi connectivity index (χ1n) is 8.26. The molecule has 1 atom stereocenters. The van der Waals surface area contributed by atoms with Crippen molar-refractivity contribution >= 4 is 39.1 Å². The lowest BCUT2D eigenvalue weighted by Gasteiger charge is -2.16. The van der Waals surface area contributed by atoms with Crippen molar-refractivity contribution in [1.82, 2.24) is 15.1 Å². The molecule has 2 amide bonds. The smallest absolute Gasteiger partial charge is 0.408 e. The zero-order valence-corrected chi connectivity index (χ0v) is 17.4. The topological polar surface area (TPSA) is 109 Å². The van der Waals surface area contributed by atoms with Gasteiger partial charge in [-0.2, -0.15) is 18.3 Å². The lowest BCUT2D eigenvalue weighted by Crippen LogP contribution is -2.46. The SMILES string of the molecule is Cc1cc(NC(=O)c2c(Br)c(/C(=N\O)C(=O)NC(C)C(F)(F)F)nn2C)ccc1F. The Morgan fingerprint density at radius 3 is 2.50 bits per heavy atom. The second kappa shape index (κ2) is 8.81. The molecule has 0 aliphatic rings. The third kappa shape index (κ3) is 4.96. The van der Waals surface area contributed by atoms with Gasteiger partial charge in [0.15, 0.2) is 5.71 Å². The number of nitrogens with zero attached hydrogens (tertiary/aromatic N) is 3. The van der Waals surface area contributed by atoms with E-state index >= 15 is 0 Å². The summed E-state index contributed by atoms with van der Waals surface area (Å²) in [6.07, 6.45) is -4.71. The Kier molecular flexibility index (Phi) is 6.85. The van der Waals surface area contributed by atoms with Gasteiger partial charge in [0.1, 0.15) is 23.2 Å². The van der Waals surface area contributed by atoms with Gasteiger partial charge >= 0.3 is 6.18 Å². The van der Waals surface area contributed by atoms with Crippen LogP contribution >= 0.6 is 15.9 Å². The first-order chi connectivity index (χ1) is 13.9. The van der Waals surface area contributed by atoms with Gasteiger partial charge in [0, 0.05) is 12.7 Å². The third-order valence-electron chi connectivity index (χ3n) is 4.00. The normalized spacial score (nSPS) is 13.1. The van der Waals surface area contributed by atoms with Crippen molar-refractivity contribution in [3.05, 3.63) is 45.4 Å². The van der Waals surface area contributed by atoms with Gasteiger partial charge in [-0.25, -0.2) is 4.39 Å². The Labute approximate surface area is 176 Å². The van der Waals surface area contributed by atoms with E-state index in [-0.39, 0.29) is 21.5 Å². The van der Waals surface area contributed by atoms with E-state index in [1.54, 1.807) is 5.32 Å². The summed E-state index contributed by atoms with van der Waals surface area (Å²) in [6, 6.07) is 1.68. The van der Waals surface area contributed by atoms with Crippen LogP contribution in [0.4, 0.5) is 23.2 Å². The minimum absolute atomic E-state index is 0.0936. The molecule has 8 nitrogen and oxygen atoms in total. The molecule has 0 spiro atoms. The molecule has 1 heterocycles. The van der Waals surface area contributed by atoms with E-state index in [9.17, 15) is 27.2 Å². The number of halogens is 5. The number of alkyl halides is 3. The van der Waals surface area contributed by atoms with Crippen molar-refractivity contribution in [2.75, 3.05) is 5.32 Å². The maximum Gasteiger partial charge on any atom is 0.408 e. The van der Waals surface area contributed by atoms with Crippen LogP contribution in [0.5, 0.6) is 0 Å². The fourth-order valence-corrected chi connectivity index (χ4v) is 3.06. The van der Waals surface area contributed by atoms with E-state index in [1.807, 2.05) is 0 Å². The number of rotatable bonds is 5. The molecule has 2 rings (SSSR count). The standard InChI is InChI=1S/C17H16BrF4N5O3/c1-7-6-9(4-5-10(7)19)24-16(29)14-11(18)12(25-27(14)3)13(26-30)15(28)23-8(2)17(20,21)22/h4-6,8,30H,1-3H3,(H,23,28)(H,24,29)/b26-13+. The number of aromatic nitrogens is 2. The summed E-state index contributed by atoms with van der Waals surface area (Å²) >= 11 is 3.06. The predicted octanol–water partition coefficient (Wildman–Crippen LogP) is 3.13. The minimum Gasteiger partial charge on any atom is -0.410 e. The second-order valence-electron chi connectivity index (χ2n) is 6.24. The number of anilines is 1. The average molecular weight is 494 g/mol. The fourth-order valence-electron chi connectivity index (χ4n) is 2.36. The molecular formula is C17H16BrF4N5O3. The molecule has 0 bridgehead atoms. The monoisotopic (exact) mass is 493 g/mol. The van der Waals surface area contributed by atoms with Crippen molar-refractivity contribution in [2.45, 2.75) is 26.1 Å². The van der Waals surface area contributed by atoms with E-state index in [2.05, 4.69) is 31.5 Å². The van der Waals surface area contributed by atoms with E-state index < -0.39 is 35.6 Å². The molecule has 0 saturated carbocycles. The number of oxime groups is 1. The summed E-state index contributed by atoms with van der Waals surface area (Å²) in [7, 11) is 1.34. The Morgan fingerprint density at radius 2 is 1.97 bits per heavy atom. The van der Waals surface area contributed by atoms with Gasteiger partial charge < -0.3 is 15.8 Å². The number of carbonyl (C=O) groups excluding carboxylic acids is 2. The van der Waals surface area contributed by atoms with Crippen LogP contribution in [-0.4, -0.2) is 44.7 Å². The first kappa shape index (κ1) is 23.3. The first-order valence-corrected chi connectivity index (χ1v) is 9.06. The lowest BCUT2D eigenvalue weighted by atomic mass is 10.2. The molecule has 162 valence electrons. The van der Waals surface area contributed by atoms with Crippen LogP contribution < -0.4 is 10.6 Å². The van der Waals surface area contributed by atoms with Crippen LogP contribution in [-0.2, 0) is 11.8 Å². The zero-order valence-electron chi connectivity index (χ0n) is 15.8. The molecular weight excluding hydrogens is 478 g/mol. The molecule has 1 unspecified atom stereocenters. The van der Waals surface area contributed by atoms with Crippen LogP contribution in [0.3, 0.4) is 0 Å². The Hall–Kier alpha value is -2.96. The van der Waals surface area contributed by atoms with E-state index in [0.717, 1.165) is 10.7 Å². The minimum atomic E-state index is -4.71. The summed E-state index contributed by atoms with van der Waals surface area (Å²) in [5, 5.41) is 19.9. The van der Waals surface area contributed by atoms with Gasteiger partial charge in [0.25, 0.3) is 11.8 Å². The largest absolute Gasteiger partial charge is 0.410 e. The predicted molar refractivity (Wildman–Crippen MR) is 102 cm³/mol. The van der Waals surface area contributed by atoms with E-state index in [0.29, 0.717) is 12.5 Å². The van der Waals surface area contributed by atoms with Gasteiger partial charge in [0.2, 0.25) is 0 Å². The maximum absolute atomic E-state index is 13.4. The molecule has 0 radical (unpaired) electrons. The van der Waals surface area contributed by atoms with Crippen molar-refractivity contribution in [3.8, 4) is 0 Å². The highest BCUT2D eigenvalue weighted by atomic mass is 79.9. The maximum atomic E-state index is 13.4. The van der Waals surface area contributed by atoms with Gasteiger partial charge in [-0.15, -0.1) is 0 Å². The highest BCUT2D eigenvalue weighted by Crippen LogP contribution is 2.25. The van der Waals surface area contributed by atoms with Gasteiger partial charge in [0.05, 0.1) is 4.47 Å². The quantitative estimate of drug-likeness (QED) is 0.257. The number of hydrogen-bond acceptors (Lipinski definition) is 5. The highest BCUT2D eigenvalue weighted by molar-refractivity contribution is 9.10. The number of amides is 2. The number of benzene rings is 1. The number of carbonyl (C=O) groups is 2. The van der Waals surface area contributed by atoms with Gasteiger partial charge in [-0.3, -0.25) is 14.3 Å². The zero-order chi connectivity index (χ0) is 22.8. The Balaban J connectivity index is 2.31. The van der Waals surface area contributed by atoms with Crippen LogP contribution in [0.2, 0.25) is 0 Å². The highest BCUT2D eigenvalue weighted by Gasteiger charge is 2.38. The molecule has 0 saturated heterocycles. The molecule has 1 aromatic carbocycles. The second-order valence-corrected chi connectivity index (χ2v) is 7.03. The summed E-state index contributed by atoms with van der Waals surface area (Å²) in [6.45, 7) is 2.22. The van der Waals surface area contributed by atoms with Gasteiger partial charge in [-0.05, 0) is 53.5 Å². The van der Waals surface area contributed by atoms with Crippen LogP contribution in [0.1, 0.15) is 28.7 Å². The number of nitrogens with one attached hydrogen (secondary N) is 2. The Morgan fingerprint density at radius 1 is 1.33 bits per heavy atom. The molecule has 30 heavy (non-hydrogen) atoms. The summed E-state index contributed by atoms with van der Waals surface area (Å²) in [4.78, 5) is 24.7. The number of aryl methyl sites for hydroxylation is 2. The molecule has 2 aromatic rings. The summed E-state index contributed by atoms with van der Waals surface area (Å²) in [5.74, 6) is -2.52. The van der Waals surface area contributed by atoms with Crippen molar-refractivity contribution in [3.63, 3.8) is 0 Å². The molecule has 0 fully saturated rings. The fraction of sp³-hybridized carbons (Fsp3) is 0.294. The van der Waals surface area contributed by atoms with E-state index in [4.69, 9.17) is 5.21 Å². The lowest BCUT2D eigenvalue weighted by molar-refractivity contribution is -0.156.